The predicted molar refractivity (Wildman–Crippen MR) is 78.3 cm³/mol. The maximum Gasteiger partial charge on any atom is 0.491 e. The van der Waals surface area contributed by atoms with Crippen molar-refractivity contribution in [3.05, 3.63) is 35.0 Å². The summed E-state index contributed by atoms with van der Waals surface area (Å²) in [6.45, 7) is 2.22. The SMILES string of the molecule is Cc1ncsc1NC(=O)Nc1ccc2c(c1)B(O)OC2. The minimum Gasteiger partial charge on any atom is -0.423 e. The number of benzene rings is 1. The fourth-order valence-corrected chi connectivity index (χ4v) is 2.67. The molecule has 3 N–H and O–H groups in total. The summed E-state index contributed by atoms with van der Waals surface area (Å²) in [5.41, 5.74) is 4.68. The summed E-state index contributed by atoms with van der Waals surface area (Å²) >= 11 is 1.37. The van der Waals surface area contributed by atoms with Crippen molar-refractivity contribution >= 4 is 40.6 Å². The van der Waals surface area contributed by atoms with Gasteiger partial charge in [0, 0.05) is 5.69 Å². The van der Waals surface area contributed by atoms with Crippen LogP contribution in [0.5, 0.6) is 0 Å². The molecule has 1 aliphatic rings. The number of carbonyl (C=O) groups is 1. The fraction of sp³-hybridized carbons (Fsp3) is 0.167. The summed E-state index contributed by atoms with van der Waals surface area (Å²) in [5, 5.41) is 15.8. The van der Waals surface area contributed by atoms with E-state index in [9.17, 15) is 9.82 Å². The van der Waals surface area contributed by atoms with Crippen LogP contribution in [-0.4, -0.2) is 23.2 Å². The van der Waals surface area contributed by atoms with Crippen molar-refractivity contribution < 1.29 is 14.5 Å². The number of fused-ring (bicyclic) bond motifs is 1. The normalized spacial score (nSPS) is 13.2. The van der Waals surface area contributed by atoms with Gasteiger partial charge in [-0.3, -0.25) is 5.32 Å². The van der Waals surface area contributed by atoms with E-state index < -0.39 is 7.12 Å². The van der Waals surface area contributed by atoms with E-state index in [0.29, 0.717) is 22.8 Å². The lowest BCUT2D eigenvalue weighted by Crippen LogP contribution is -2.29. The van der Waals surface area contributed by atoms with Gasteiger partial charge in [-0.2, -0.15) is 0 Å². The van der Waals surface area contributed by atoms with Crippen molar-refractivity contribution in [2.75, 3.05) is 10.6 Å². The van der Waals surface area contributed by atoms with Crippen LogP contribution in [0.15, 0.2) is 23.7 Å². The molecule has 1 aliphatic heterocycles. The summed E-state index contributed by atoms with van der Waals surface area (Å²) in [6.07, 6.45) is 0. The second kappa shape index (κ2) is 5.24. The Hall–Kier alpha value is -1.90. The molecule has 2 amide bonds. The van der Waals surface area contributed by atoms with E-state index in [-0.39, 0.29) is 6.03 Å². The zero-order chi connectivity index (χ0) is 14.1. The summed E-state index contributed by atoms with van der Waals surface area (Å²) in [7, 11) is -0.918. The summed E-state index contributed by atoms with van der Waals surface area (Å²) in [6, 6.07) is 4.98. The smallest absolute Gasteiger partial charge is 0.423 e. The zero-order valence-electron chi connectivity index (χ0n) is 10.7. The van der Waals surface area contributed by atoms with Crippen molar-refractivity contribution in [2.45, 2.75) is 13.5 Å². The van der Waals surface area contributed by atoms with Crippen LogP contribution in [0, 0.1) is 6.92 Å². The van der Waals surface area contributed by atoms with Gasteiger partial charge in [0.15, 0.2) is 0 Å². The van der Waals surface area contributed by atoms with Crippen molar-refractivity contribution in [1.82, 2.24) is 4.98 Å². The highest BCUT2D eigenvalue weighted by atomic mass is 32.1. The Balaban J connectivity index is 1.70. The van der Waals surface area contributed by atoms with Crippen LogP contribution in [-0.2, 0) is 11.3 Å². The van der Waals surface area contributed by atoms with E-state index in [4.69, 9.17) is 4.65 Å². The Kier molecular flexibility index (Phi) is 3.43. The number of urea groups is 1. The third-order valence-electron chi connectivity index (χ3n) is 3.04. The van der Waals surface area contributed by atoms with Crippen LogP contribution >= 0.6 is 11.3 Å². The van der Waals surface area contributed by atoms with Gasteiger partial charge in [-0.1, -0.05) is 6.07 Å². The molecule has 20 heavy (non-hydrogen) atoms. The van der Waals surface area contributed by atoms with Gasteiger partial charge in [0.2, 0.25) is 0 Å². The molecule has 0 unspecified atom stereocenters. The third-order valence-corrected chi connectivity index (χ3v) is 3.88. The second-order valence-corrected chi connectivity index (χ2v) is 5.28. The minimum atomic E-state index is -0.918. The number of nitrogens with one attached hydrogen (secondary N) is 2. The van der Waals surface area contributed by atoms with Gasteiger partial charge in [-0.25, -0.2) is 9.78 Å². The topological polar surface area (TPSA) is 83.5 Å². The first-order chi connectivity index (χ1) is 9.63. The lowest BCUT2D eigenvalue weighted by atomic mass is 9.79. The number of anilines is 2. The van der Waals surface area contributed by atoms with Gasteiger partial charge in [0.1, 0.15) is 5.00 Å². The average Bonchev–Trinajstić information content (AvgIpc) is 2.98. The van der Waals surface area contributed by atoms with Crippen molar-refractivity contribution in [1.29, 1.82) is 0 Å². The molecule has 0 fully saturated rings. The molecule has 3 rings (SSSR count). The van der Waals surface area contributed by atoms with E-state index in [1.807, 2.05) is 13.0 Å². The maximum absolute atomic E-state index is 11.9. The first kappa shape index (κ1) is 13.1. The van der Waals surface area contributed by atoms with Crippen molar-refractivity contribution in [3.8, 4) is 0 Å². The Morgan fingerprint density at radius 2 is 2.35 bits per heavy atom. The van der Waals surface area contributed by atoms with Gasteiger partial charge < -0.3 is 15.0 Å². The van der Waals surface area contributed by atoms with Crippen LogP contribution in [0.4, 0.5) is 15.5 Å². The Morgan fingerprint density at radius 1 is 1.50 bits per heavy atom. The molecule has 6 nitrogen and oxygen atoms in total. The molecule has 0 saturated heterocycles. The molecular weight excluding hydrogens is 277 g/mol. The van der Waals surface area contributed by atoms with Crippen molar-refractivity contribution in [2.24, 2.45) is 0 Å². The Labute approximate surface area is 119 Å². The molecule has 0 spiro atoms. The van der Waals surface area contributed by atoms with Crippen LogP contribution in [0.3, 0.4) is 0 Å². The fourth-order valence-electron chi connectivity index (χ4n) is 1.98. The number of aromatic nitrogens is 1. The second-order valence-electron chi connectivity index (χ2n) is 4.42. The van der Waals surface area contributed by atoms with Gasteiger partial charge in [0.25, 0.3) is 0 Å². The van der Waals surface area contributed by atoms with E-state index in [2.05, 4.69) is 15.6 Å². The molecule has 8 heteroatoms. The standard InChI is InChI=1S/C12H12BN3O3S/c1-7-11(20-6-14-7)16-12(17)15-9-3-2-8-5-19-13(18)10(8)4-9/h2-4,6,18H,5H2,1H3,(H2,15,16,17). The van der Waals surface area contributed by atoms with Crippen LogP contribution in [0.25, 0.3) is 0 Å². The van der Waals surface area contributed by atoms with E-state index in [1.54, 1.807) is 17.6 Å². The van der Waals surface area contributed by atoms with E-state index in [0.717, 1.165) is 11.3 Å². The molecule has 0 aliphatic carbocycles. The highest BCUT2D eigenvalue weighted by Crippen LogP contribution is 2.19. The van der Waals surface area contributed by atoms with E-state index >= 15 is 0 Å². The number of thiazole rings is 1. The number of rotatable bonds is 2. The van der Waals surface area contributed by atoms with Gasteiger partial charge in [-0.15, -0.1) is 11.3 Å². The largest absolute Gasteiger partial charge is 0.491 e. The third kappa shape index (κ3) is 2.53. The molecule has 0 radical (unpaired) electrons. The lowest BCUT2D eigenvalue weighted by molar-refractivity contribution is 0.262. The number of carbonyl (C=O) groups excluding carboxylic acids is 1. The minimum absolute atomic E-state index is 0.342. The average molecular weight is 289 g/mol. The summed E-state index contributed by atoms with van der Waals surface area (Å²) < 4.78 is 5.10. The number of hydrogen-bond acceptors (Lipinski definition) is 5. The molecule has 0 saturated carbocycles. The maximum atomic E-state index is 11.9. The summed E-state index contributed by atoms with van der Waals surface area (Å²) in [4.78, 5) is 15.9. The Morgan fingerprint density at radius 3 is 3.10 bits per heavy atom. The lowest BCUT2D eigenvalue weighted by Gasteiger charge is -2.08. The molecular formula is C12H12BN3O3S. The van der Waals surface area contributed by atoms with Gasteiger partial charge in [-0.05, 0) is 30.1 Å². The molecule has 0 bridgehead atoms. The van der Waals surface area contributed by atoms with Crippen LogP contribution in [0.1, 0.15) is 11.3 Å². The molecule has 0 atom stereocenters. The first-order valence-corrected chi connectivity index (χ1v) is 6.92. The number of hydrogen-bond donors (Lipinski definition) is 3. The highest BCUT2D eigenvalue weighted by Gasteiger charge is 2.27. The quantitative estimate of drug-likeness (QED) is 0.728. The summed E-state index contributed by atoms with van der Waals surface area (Å²) in [5.74, 6) is 0. The zero-order valence-corrected chi connectivity index (χ0v) is 11.5. The predicted octanol–water partition coefficient (Wildman–Crippen LogP) is 1.31. The Bertz CT molecular complexity index is 661. The molecule has 102 valence electrons. The molecule has 2 aromatic rings. The first-order valence-electron chi connectivity index (χ1n) is 6.04. The number of aryl methyl sites for hydroxylation is 1. The van der Waals surface area contributed by atoms with Gasteiger partial charge >= 0.3 is 13.1 Å². The molecule has 2 heterocycles. The highest BCUT2D eigenvalue weighted by molar-refractivity contribution is 7.14. The van der Waals surface area contributed by atoms with E-state index in [1.165, 1.54) is 11.3 Å². The molecule has 1 aromatic carbocycles. The van der Waals surface area contributed by atoms with Crippen LogP contribution < -0.4 is 16.1 Å². The number of nitrogens with zero attached hydrogens (tertiary/aromatic N) is 1. The van der Waals surface area contributed by atoms with Crippen LogP contribution in [0.2, 0.25) is 0 Å². The van der Waals surface area contributed by atoms with Crippen molar-refractivity contribution in [3.63, 3.8) is 0 Å². The van der Waals surface area contributed by atoms with Gasteiger partial charge in [0.05, 0.1) is 17.8 Å². The monoisotopic (exact) mass is 289 g/mol. The number of amides is 2. The molecule has 1 aromatic heterocycles.